The van der Waals surface area contributed by atoms with Gasteiger partial charge in [0.2, 0.25) is 0 Å². The summed E-state index contributed by atoms with van der Waals surface area (Å²) in [7, 11) is 0. The van der Waals surface area contributed by atoms with Crippen LogP contribution in [0.15, 0.2) is 0 Å². The summed E-state index contributed by atoms with van der Waals surface area (Å²) in [6.45, 7) is 3.26. The summed E-state index contributed by atoms with van der Waals surface area (Å²) in [5.41, 5.74) is 0. The number of rotatable bonds is 5. The third-order valence-corrected chi connectivity index (χ3v) is 1.11. The van der Waals surface area contributed by atoms with Crippen molar-refractivity contribution in [3.05, 3.63) is 0 Å². The van der Waals surface area contributed by atoms with Gasteiger partial charge < -0.3 is 9.29 Å². The highest BCUT2D eigenvalue weighted by molar-refractivity contribution is 7.77. The standard InChI is InChI=1S/C4H11NO3S/c1-2-8-4-3-5-9(6)7/h5H,2-4H2,1H3,(H,6,7)/p-1. The highest BCUT2D eigenvalue weighted by Gasteiger charge is 1.82. The van der Waals surface area contributed by atoms with Gasteiger partial charge in [-0.2, -0.15) is 0 Å². The minimum atomic E-state index is -2.15. The highest BCUT2D eigenvalue weighted by Crippen LogP contribution is 1.70. The highest BCUT2D eigenvalue weighted by atomic mass is 32.2. The summed E-state index contributed by atoms with van der Waals surface area (Å²) in [6.07, 6.45) is 0. The second-order valence-electron chi connectivity index (χ2n) is 1.33. The van der Waals surface area contributed by atoms with Crippen molar-refractivity contribution in [3.63, 3.8) is 0 Å². The van der Waals surface area contributed by atoms with E-state index in [2.05, 4.69) is 4.72 Å². The molecule has 0 fully saturated rings. The molecule has 0 aromatic carbocycles. The van der Waals surface area contributed by atoms with Gasteiger partial charge in [-0.3, -0.25) is 4.21 Å². The van der Waals surface area contributed by atoms with Gasteiger partial charge in [-0.1, -0.05) is 0 Å². The van der Waals surface area contributed by atoms with Crippen molar-refractivity contribution in [2.45, 2.75) is 6.92 Å². The molecular formula is C4H10NO3S-. The summed E-state index contributed by atoms with van der Waals surface area (Å²) >= 11 is -2.15. The fourth-order valence-electron chi connectivity index (χ4n) is 0.342. The largest absolute Gasteiger partial charge is 0.760 e. The average Bonchev–Trinajstić information content (AvgIpc) is 1.80. The molecule has 0 aliphatic carbocycles. The van der Waals surface area contributed by atoms with Gasteiger partial charge in [-0.05, 0) is 6.92 Å². The van der Waals surface area contributed by atoms with E-state index in [1.54, 1.807) is 0 Å². The molecule has 0 aliphatic heterocycles. The molecule has 56 valence electrons. The van der Waals surface area contributed by atoms with Crippen molar-refractivity contribution < 1.29 is 13.5 Å². The Kier molecular flexibility index (Phi) is 6.18. The van der Waals surface area contributed by atoms with E-state index in [0.29, 0.717) is 19.8 Å². The molecule has 9 heavy (non-hydrogen) atoms. The van der Waals surface area contributed by atoms with Crippen LogP contribution in [0, 0.1) is 0 Å². The number of hydrogen-bond acceptors (Lipinski definition) is 3. The van der Waals surface area contributed by atoms with Crippen LogP contribution >= 0.6 is 0 Å². The molecule has 0 spiro atoms. The van der Waals surface area contributed by atoms with E-state index >= 15 is 0 Å². The first-order chi connectivity index (χ1) is 4.27. The molecule has 0 radical (unpaired) electrons. The first-order valence-corrected chi connectivity index (χ1v) is 3.75. The van der Waals surface area contributed by atoms with E-state index in [1.807, 2.05) is 6.92 Å². The Morgan fingerprint density at radius 2 is 2.44 bits per heavy atom. The van der Waals surface area contributed by atoms with E-state index in [9.17, 15) is 8.76 Å². The first kappa shape index (κ1) is 9.03. The zero-order valence-corrected chi connectivity index (χ0v) is 6.07. The van der Waals surface area contributed by atoms with Gasteiger partial charge in [0.05, 0.1) is 6.61 Å². The van der Waals surface area contributed by atoms with Crippen LogP contribution in [0.3, 0.4) is 0 Å². The van der Waals surface area contributed by atoms with E-state index < -0.39 is 11.3 Å². The average molecular weight is 152 g/mol. The van der Waals surface area contributed by atoms with Gasteiger partial charge in [0, 0.05) is 24.4 Å². The molecule has 0 heterocycles. The van der Waals surface area contributed by atoms with Crippen LogP contribution in [0.5, 0.6) is 0 Å². The third kappa shape index (κ3) is 8.03. The molecule has 1 N–H and O–H groups in total. The molecule has 0 bridgehead atoms. The lowest BCUT2D eigenvalue weighted by molar-refractivity contribution is 0.153. The van der Waals surface area contributed by atoms with Crippen LogP contribution in [0.2, 0.25) is 0 Å². The lowest BCUT2D eigenvalue weighted by Gasteiger charge is -2.05. The maximum atomic E-state index is 9.80. The van der Waals surface area contributed by atoms with Gasteiger partial charge in [-0.25, -0.2) is 4.72 Å². The van der Waals surface area contributed by atoms with Gasteiger partial charge in [-0.15, -0.1) is 0 Å². The van der Waals surface area contributed by atoms with Crippen molar-refractivity contribution in [1.29, 1.82) is 0 Å². The van der Waals surface area contributed by atoms with E-state index in [0.717, 1.165) is 0 Å². The normalized spacial score (nSPS) is 13.6. The zero-order valence-electron chi connectivity index (χ0n) is 5.25. The van der Waals surface area contributed by atoms with Crippen LogP contribution in [-0.4, -0.2) is 28.5 Å². The predicted molar refractivity (Wildman–Crippen MR) is 33.4 cm³/mol. The Bertz CT molecular complexity index is 87.9. The molecule has 0 aliphatic rings. The van der Waals surface area contributed by atoms with Crippen molar-refractivity contribution >= 4 is 11.3 Å². The molecule has 0 amide bonds. The predicted octanol–water partition coefficient (Wildman–Crippen LogP) is -0.593. The topological polar surface area (TPSA) is 61.4 Å². The van der Waals surface area contributed by atoms with Gasteiger partial charge in [0.1, 0.15) is 0 Å². The fourth-order valence-corrected chi connectivity index (χ4v) is 0.592. The molecule has 0 aromatic heterocycles. The summed E-state index contributed by atoms with van der Waals surface area (Å²) < 4.78 is 26.6. The van der Waals surface area contributed by atoms with Crippen molar-refractivity contribution in [3.8, 4) is 0 Å². The van der Waals surface area contributed by atoms with Crippen molar-refractivity contribution in [2.24, 2.45) is 0 Å². The Morgan fingerprint density at radius 3 is 2.89 bits per heavy atom. The number of hydrogen-bond donors (Lipinski definition) is 1. The lowest BCUT2D eigenvalue weighted by atomic mass is 10.7. The molecule has 5 heteroatoms. The minimum absolute atomic E-state index is 0.351. The molecule has 1 unspecified atom stereocenters. The molecule has 0 aromatic rings. The Hall–Kier alpha value is 0.0300. The van der Waals surface area contributed by atoms with Gasteiger partial charge in [0.15, 0.2) is 0 Å². The van der Waals surface area contributed by atoms with E-state index in [-0.39, 0.29) is 0 Å². The third-order valence-electron chi connectivity index (χ3n) is 0.670. The number of nitrogens with one attached hydrogen (secondary N) is 1. The monoisotopic (exact) mass is 152 g/mol. The quantitative estimate of drug-likeness (QED) is 0.423. The minimum Gasteiger partial charge on any atom is -0.760 e. The summed E-state index contributed by atoms with van der Waals surface area (Å²) in [6, 6.07) is 0. The summed E-state index contributed by atoms with van der Waals surface area (Å²) in [5.74, 6) is 0. The second kappa shape index (κ2) is 6.15. The van der Waals surface area contributed by atoms with Crippen LogP contribution in [-0.2, 0) is 16.0 Å². The van der Waals surface area contributed by atoms with Crippen LogP contribution < -0.4 is 4.72 Å². The maximum Gasteiger partial charge on any atom is 0.0600 e. The zero-order chi connectivity index (χ0) is 7.11. The van der Waals surface area contributed by atoms with Gasteiger partial charge >= 0.3 is 0 Å². The Morgan fingerprint density at radius 1 is 1.78 bits per heavy atom. The molecule has 0 saturated heterocycles. The Balaban J connectivity index is 2.83. The summed E-state index contributed by atoms with van der Waals surface area (Å²) in [5, 5.41) is 0. The van der Waals surface area contributed by atoms with Crippen molar-refractivity contribution in [1.82, 2.24) is 4.72 Å². The van der Waals surface area contributed by atoms with E-state index in [1.165, 1.54) is 0 Å². The lowest BCUT2D eigenvalue weighted by Crippen LogP contribution is -2.21. The first-order valence-electron chi connectivity index (χ1n) is 2.68. The summed E-state index contributed by atoms with van der Waals surface area (Å²) in [4.78, 5) is 0. The van der Waals surface area contributed by atoms with Crippen LogP contribution in [0.4, 0.5) is 0 Å². The van der Waals surface area contributed by atoms with Gasteiger partial charge in [0.25, 0.3) is 0 Å². The smallest absolute Gasteiger partial charge is 0.0600 e. The SMILES string of the molecule is CCOCCNS(=O)[O-]. The molecule has 0 rings (SSSR count). The second-order valence-corrected chi connectivity index (χ2v) is 2.08. The molecule has 1 atom stereocenters. The number of ether oxygens (including phenoxy) is 1. The maximum absolute atomic E-state index is 9.80. The van der Waals surface area contributed by atoms with Crippen molar-refractivity contribution in [2.75, 3.05) is 19.8 Å². The fraction of sp³-hybridized carbons (Fsp3) is 1.00. The van der Waals surface area contributed by atoms with E-state index in [4.69, 9.17) is 4.74 Å². The molecule has 0 saturated carbocycles. The molecular weight excluding hydrogens is 142 g/mol. The van der Waals surface area contributed by atoms with Crippen LogP contribution in [0.25, 0.3) is 0 Å². The molecule has 4 nitrogen and oxygen atoms in total. The Labute approximate surface area is 57.0 Å². The van der Waals surface area contributed by atoms with Crippen LogP contribution in [0.1, 0.15) is 6.92 Å².